The summed E-state index contributed by atoms with van der Waals surface area (Å²) in [4.78, 5) is 22.9. The predicted molar refractivity (Wildman–Crippen MR) is 62.7 cm³/mol. The lowest BCUT2D eigenvalue weighted by Crippen LogP contribution is -2.28. The third-order valence-electron chi connectivity index (χ3n) is 2.55. The second-order valence-corrected chi connectivity index (χ2v) is 3.75. The van der Waals surface area contributed by atoms with Crippen LogP contribution in [-0.4, -0.2) is 15.6 Å². The lowest BCUT2D eigenvalue weighted by molar-refractivity contribution is -0.605. The van der Waals surface area contributed by atoms with Crippen LogP contribution in [0.4, 0.5) is 0 Å². The Kier molecular flexibility index (Phi) is 2.85. The van der Waals surface area contributed by atoms with E-state index in [4.69, 9.17) is 5.11 Å². The van der Waals surface area contributed by atoms with Gasteiger partial charge in [-0.25, -0.2) is 4.79 Å². The average Bonchev–Trinajstić information content (AvgIpc) is 2.31. The summed E-state index contributed by atoms with van der Waals surface area (Å²) in [6.45, 7) is 1.69. The fourth-order valence-electron chi connectivity index (χ4n) is 1.67. The zero-order chi connectivity index (χ0) is 13.3. The van der Waals surface area contributed by atoms with Crippen molar-refractivity contribution in [3.05, 3.63) is 63.5 Å². The fraction of sp³-hybridized carbons (Fsp3) is 0.0833. The molecule has 1 N–H and O–H groups in total. The van der Waals surface area contributed by atoms with Crippen LogP contribution < -0.4 is 10.3 Å². The largest absolute Gasteiger partial charge is 0.619 e. The lowest BCUT2D eigenvalue weighted by atomic mass is 10.2. The van der Waals surface area contributed by atoms with Crippen LogP contribution >= 0.6 is 0 Å². The van der Waals surface area contributed by atoms with Gasteiger partial charge in [-0.2, -0.15) is 4.73 Å². The molecule has 6 nitrogen and oxygen atoms in total. The van der Waals surface area contributed by atoms with Gasteiger partial charge in [0.05, 0.1) is 5.69 Å². The maximum atomic E-state index is 12.0. The highest BCUT2D eigenvalue weighted by molar-refractivity contribution is 5.87. The highest BCUT2D eigenvalue weighted by Gasteiger charge is 2.13. The summed E-state index contributed by atoms with van der Waals surface area (Å²) >= 11 is 0. The molecule has 92 valence electrons. The molecule has 0 aliphatic carbocycles. The standard InChI is InChI=1S/C12H10N2O4/c1-8-2-3-10(12(16)17)11(15)14(8)9-4-6-13(18)7-5-9/h2-7H,1H3,(H,16,17). The van der Waals surface area contributed by atoms with Crippen molar-refractivity contribution < 1.29 is 14.6 Å². The molecular weight excluding hydrogens is 236 g/mol. The first-order valence-electron chi connectivity index (χ1n) is 5.16. The first-order valence-corrected chi connectivity index (χ1v) is 5.16. The van der Waals surface area contributed by atoms with Gasteiger partial charge in [-0.1, -0.05) is 0 Å². The van der Waals surface area contributed by atoms with Crippen molar-refractivity contribution in [2.45, 2.75) is 6.92 Å². The maximum absolute atomic E-state index is 12.0. The molecule has 0 saturated heterocycles. The van der Waals surface area contributed by atoms with Crippen molar-refractivity contribution in [3.8, 4) is 5.69 Å². The minimum Gasteiger partial charge on any atom is -0.619 e. The van der Waals surface area contributed by atoms with Crippen LogP contribution in [0.15, 0.2) is 41.5 Å². The Morgan fingerprint density at radius 1 is 1.28 bits per heavy atom. The minimum atomic E-state index is -1.27. The molecule has 0 unspecified atom stereocenters. The van der Waals surface area contributed by atoms with Crippen LogP contribution in [-0.2, 0) is 0 Å². The molecule has 0 bridgehead atoms. The topological polar surface area (TPSA) is 86.2 Å². The highest BCUT2D eigenvalue weighted by atomic mass is 16.5. The van der Waals surface area contributed by atoms with E-state index in [-0.39, 0.29) is 5.56 Å². The molecular formula is C12H10N2O4. The van der Waals surface area contributed by atoms with E-state index in [2.05, 4.69) is 0 Å². The van der Waals surface area contributed by atoms with E-state index in [9.17, 15) is 14.8 Å². The van der Waals surface area contributed by atoms with E-state index in [0.717, 1.165) is 0 Å². The number of carboxylic acids is 1. The van der Waals surface area contributed by atoms with E-state index in [1.807, 2.05) is 0 Å². The van der Waals surface area contributed by atoms with Gasteiger partial charge in [0.2, 0.25) is 0 Å². The number of pyridine rings is 2. The number of hydrogen-bond acceptors (Lipinski definition) is 3. The summed E-state index contributed by atoms with van der Waals surface area (Å²) in [5.74, 6) is -1.27. The van der Waals surface area contributed by atoms with Gasteiger partial charge in [0.15, 0.2) is 12.4 Å². The molecule has 0 radical (unpaired) electrons. The van der Waals surface area contributed by atoms with E-state index in [1.165, 1.54) is 35.2 Å². The quantitative estimate of drug-likeness (QED) is 0.616. The van der Waals surface area contributed by atoms with Crippen LogP contribution in [0.1, 0.15) is 16.1 Å². The third-order valence-corrected chi connectivity index (χ3v) is 2.55. The lowest BCUT2D eigenvalue weighted by Gasteiger charge is -2.10. The number of carbonyl (C=O) groups is 1. The van der Waals surface area contributed by atoms with E-state index in [0.29, 0.717) is 16.1 Å². The summed E-state index contributed by atoms with van der Waals surface area (Å²) in [7, 11) is 0. The van der Waals surface area contributed by atoms with Gasteiger partial charge in [-0.05, 0) is 19.1 Å². The van der Waals surface area contributed by atoms with Crippen LogP contribution in [0, 0.1) is 12.1 Å². The zero-order valence-corrected chi connectivity index (χ0v) is 9.53. The van der Waals surface area contributed by atoms with Crippen molar-refractivity contribution in [3.63, 3.8) is 0 Å². The van der Waals surface area contributed by atoms with Crippen molar-refractivity contribution in [1.82, 2.24) is 4.57 Å². The van der Waals surface area contributed by atoms with Crippen LogP contribution in [0.5, 0.6) is 0 Å². The summed E-state index contributed by atoms with van der Waals surface area (Å²) in [5, 5.41) is 19.8. The molecule has 0 aromatic carbocycles. The summed E-state index contributed by atoms with van der Waals surface area (Å²) in [5.41, 5.74) is 0.118. The zero-order valence-electron chi connectivity index (χ0n) is 9.53. The Morgan fingerprint density at radius 2 is 1.89 bits per heavy atom. The first kappa shape index (κ1) is 11.8. The minimum absolute atomic E-state index is 0.306. The van der Waals surface area contributed by atoms with Gasteiger partial charge < -0.3 is 10.3 Å². The number of aromatic carboxylic acids is 1. The molecule has 18 heavy (non-hydrogen) atoms. The van der Waals surface area contributed by atoms with Crippen molar-refractivity contribution in [2.24, 2.45) is 0 Å². The number of aromatic nitrogens is 2. The normalized spacial score (nSPS) is 10.3. The van der Waals surface area contributed by atoms with Crippen LogP contribution in [0.3, 0.4) is 0 Å². The summed E-state index contributed by atoms with van der Waals surface area (Å²) in [6, 6.07) is 5.72. The van der Waals surface area contributed by atoms with Crippen LogP contribution in [0.25, 0.3) is 5.69 Å². The Bertz CT molecular complexity index is 659. The number of rotatable bonds is 2. The van der Waals surface area contributed by atoms with Crippen LogP contribution in [0.2, 0.25) is 0 Å². The maximum Gasteiger partial charge on any atom is 0.341 e. The van der Waals surface area contributed by atoms with Crippen molar-refractivity contribution in [2.75, 3.05) is 0 Å². The molecule has 2 aromatic rings. The molecule has 0 atom stereocenters. The molecule has 2 rings (SSSR count). The van der Waals surface area contributed by atoms with Gasteiger partial charge >= 0.3 is 5.97 Å². The van der Waals surface area contributed by atoms with Crippen molar-refractivity contribution >= 4 is 5.97 Å². The summed E-state index contributed by atoms with van der Waals surface area (Å²) < 4.78 is 1.84. The Morgan fingerprint density at radius 3 is 2.44 bits per heavy atom. The Balaban J connectivity index is 2.71. The molecule has 2 aromatic heterocycles. The van der Waals surface area contributed by atoms with Gasteiger partial charge in [0.1, 0.15) is 5.56 Å². The molecule has 0 saturated carbocycles. The molecule has 0 spiro atoms. The molecule has 2 heterocycles. The van der Waals surface area contributed by atoms with E-state index < -0.39 is 11.5 Å². The van der Waals surface area contributed by atoms with Crippen molar-refractivity contribution in [1.29, 1.82) is 0 Å². The number of aryl methyl sites for hydroxylation is 1. The van der Waals surface area contributed by atoms with E-state index in [1.54, 1.807) is 13.0 Å². The molecule has 0 aliphatic heterocycles. The second-order valence-electron chi connectivity index (χ2n) is 3.75. The summed E-state index contributed by atoms with van der Waals surface area (Å²) in [6.07, 6.45) is 2.49. The molecule has 0 aliphatic rings. The Hall–Kier alpha value is -2.63. The van der Waals surface area contributed by atoms with Gasteiger partial charge in [0, 0.05) is 17.8 Å². The monoisotopic (exact) mass is 246 g/mol. The molecule has 0 fully saturated rings. The number of nitrogens with zero attached hydrogens (tertiary/aromatic N) is 2. The van der Waals surface area contributed by atoms with Gasteiger partial charge in [-0.15, -0.1) is 0 Å². The Labute approximate surface area is 102 Å². The SMILES string of the molecule is Cc1ccc(C(=O)O)c(=O)n1-c1cc[n+]([O-])cc1. The van der Waals surface area contributed by atoms with Gasteiger partial charge in [0.25, 0.3) is 5.56 Å². The second kappa shape index (κ2) is 4.33. The number of carboxylic acid groups (broad SMARTS) is 1. The fourth-order valence-corrected chi connectivity index (χ4v) is 1.67. The predicted octanol–water partition coefficient (Wildman–Crippen LogP) is 0.478. The first-order chi connectivity index (χ1) is 8.50. The smallest absolute Gasteiger partial charge is 0.341 e. The third kappa shape index (κ3) is 1.95. The molecule has 0 amide bonds. The molecule has 6 heteroatoms. The highest BCUT2D eigenvalue weighted by Crippen LogP contribution is 2.07. The average molecular weight is 246 g/mol. The van der Waals surface area contributed by atoms with Gasteiger partial charge in [-0.3, -0.25) is 9.36 Å². The number of hydrogen-bond donors (Lipinski definition) is 1. The van der Waals surface area contributed by atoms with E-state index >= 15 is 0 Å².